The monoisotopic (exact) mass is 352 g/mol. The molecule has 9 nitrogen and oxygen atoms in total. The maximum atomic E-state index is 12.7. The van der Waals surface area contributed by atoms with Gasteiger partial charge in [0.1, 0.15) is 0 Å². The zero-order valence-electron chi connectivity index (χ0n) is 15.0. The molecule has 1 unspecified atom stereocenters. The van der Waals surface area contributed by atoms with Gasteiger partial charge in [0.05, 0.1) is 25.7 Å². The van der Waals surface area contributed by atoms with E-state index in [2.05, 4.69) is 14.8 Å². The van der Waals surface area contributed by atoms with Gasteiger partial charge in [0.15, 0.2) is 11.5 Å². The second-order valence-electron chi connectivity index (χ2n) is 6.91. The Morgan fingerprint density at radius 3 is 2.52 bits per heavy atom. The quantitative estimate of drug-likeness (QED) is 0.627. The number of aliphatic hydroxyl groups excluding tert-OH is 2. The topological polar surface area (TPSA) is 88.3 Å². The minimum Gasteiger partial charge on any atom is -0.395 e. The molecule has 25 heavy (non-hydrogen) atoms. The van der Waals surface area contributed by atoms with Crippen molar-refractivity contribution in [2.24, 2.45) is 7.05 Å². The summed E-state index contributed by atoms with van der Waals surface area (Å²) in [5, 5.41) is 19.5. The number of hydrogen-bond acceptors (Lipinski definition) is 7. The summed E-state index contributed by atoms with van der Waals surface area (Å²) in [7, 11) is 3.71. The first-order chi connectivity index (χ1) is 12.0. The standard InChI is InChI=1S/C16H28N6O3/c1-18-11-17-15-14(18)16(25)22(12-19(15)2)10-13(24)9-21-5-3-20(4-6-21)7-8-23/h11,13,23-24H,3-10,12H2,1-2H3. The number of piperazine rings is 1. The van der Waals surface area contributed by atoms with Crippen LogP contribution in [0.2, 0.25) is 0 Å². The van der Waals surface area contributed by atoms with E-state index in [0.29, 0.717) is 37.8 Å². The molecule has 9 heteroatoms. The van der Waals surface area contributed by atoms with Gasteiger partial charge in [-0.15, -0.1) is 0 Å². The normalized spacial score (nSPS) is 20.9. The van der Waals surface area contributed by atoms with Gasteiger partial charge >= 0.3 is 0 Å². The highest BCUT2D eigenvalue weighted by Gasteiger charge is 2.32. The van der Waals surface area contributed by atoms with Gasteiger partial charge in [0.2, 0.25) is 0 Å². The summed E-state index contributed by atoms with van der Waals surface area (Å²) in [5.41, 5.74) is 0.568. The van der Waals surface area contributed by atoms with E-state index >= 15 is 0 Å². The summed E-state index contributed by atoms with van der Waals surface area (Å²) in [6.07, 6.45) is 1.06. The first-order valence-corrected chi connectivity index (χ1v) is 8.75. The van der Waals surface area contributed by atoms with Crippen molar-refractivity contribution in [1.29, 1.82) is 0 Å². The molecule has 0 spiro atoms. The summed E-state index contributed by atoms with van der Waals surface area (Å²) >= 11 is 0. The van der Waals surface area contributed by atoms with Crippen LogP contribution in [0.1, 0.15) is 10.5 Å². The van der Waals surface area contributed by atoms with Gasteiger partial charge in [-0.1, -0.05) is 0 Å². The molecule has 2 N–H and O–H groups in total. The van der Waals surface area contributed by atoms with Crippen LogP contribution in [0.25, 0.3) is 0 Å². The number of β-amino-alcohol motifs (C(OH)–C–C–N with tert-alkyl or cyclic N) is 2. The van der Waals surface area contributed by atoms with Crippen molar-refractivity contribution in [1.82, 2.24) is 24.3 Å². The molecule has 0 aliphatic carbocycles. The number of carbonyl (C=O) groups is 1. The smallest absolute Gasteiger partial charge is 0.275 e. The molecule has 140 valence electrons. The SMILES string of the molecule is CN1CN(CC(O)CN2CCN(CCO)CC2)C(=O)c2c1ncn2C. The molecular formula is C16H28N6O3. The molecule has 2 aliphatic rings. The fourth-order valence-electron chi connectivity index (χ4n) is 3.57. The molecule has 3 heterocycles. The predicted octanol–water partition coefficient (Wildman–Crippen LogP) is -1.76. The number of carbonyl (C=O) groups excluding carboxylic acids is 1. The summed E-state index contributed by atoms with van der Waals surface area (Å²) in [6, 6.07) is 0. The van der Waals surface area contributed by atoms with Crippen LogP contribution < -0.4 is 4.90 Å². The van der Waals surface area contributed by atoms with Crippen LogP contribution in [-0.2, 0) is 7.05 Å². The second-order valence-corrected chi connectivity index (χ2v) is 6.91. The minimum absolute atomic E-state index is 0.0834. The van der Waals surface area contributed by atoms with Crippen molar-refractivity contribution in [3.05, 3.63) is 12.0 Å². The number of aromatic nitrogens is 2. The summed E-state index contributed by atoms with van der Waals surface area (Å²) < 4.78 is 1.73. The van der Waals surface area contributed by atoms with Crippen LogP contribution in [0.5, 0.6) is 0 Å². The Morgan fingerprint density at radius 1 is 1.16 bits per heavy atom. The Bertz CT molecular complexity index is 599. The van der Waals surface area contributed by atoms with Crippen molar-refractivity contribution < 1.29 is 15.0 Å². The van der Waals surface area contributed by atoms with Gasteiger partial charge in [0.25, 0.3) is 5.91 Å². The highest BCUT2D eigenvalue weighted by atomic mass is 16.3. The summed E-state index contributed by atoms with van der Waals surface area (Å²) in [5.74, 6) is 0.609. The number of amides is 1. The molecule has 1 saturated heterocycles. The lowest BCUT2D eigenvalue weighted by molar-refractivity contribution is 0.0390. The number of aryl methyl sites for hydroxylation is 1. The number of rotatable bonds is 6. The maximum absolute atomic E-state index is 12.7. The molecule has 1 amide bonds. The van der Waals surface area contributed by atoms with E-state index in [0.717, 1.165) is 26.2 Å². The molecule has 0 aromatic carbocycles. The predicted molar refractivity (Wildman–Crippen MR) is 93.5 cm³/mol. The Hall–Kier alpha value is -1.68. The molecule has 0 bridgehead atoms. The number of anilines is 1. The van der Waals surface area contributed by atoms with Gasteiger partial charge in [-0.05, 0) is 0 Å². The molecule has 2 aliphatic heterocycles. The molecule has 1 aromatic heterocycles. The van der Waals surface area contributed by atoms with Gasteiger partial charge in [-0.2, -0.15) is 0 Å². The third-order valence-corrected chi connectivity index (χ3v) is 4.93. The number of imidazole rings is 1. The molecule has 3 rings (SSSR count). The summed E-state index contributed by atoms with van der Waals surface area (Å²) in [4.78, 5) is 25.0. The van der Waals surface area contributed by atoms with Crippen molar-refractivity contribution in [2.75, 3.05) is 71.0 Å². The molecular weight excluding hydrogens is 324 g/mol. The van der Waals surface area contributed by atoms with Gasteiger partial charge < -0.3 is 24.6 Å². The zero-order valence-corrected chi connectivity index (χ0v) is 15.0. The van der Waals surface area contributed by atoms with E-state index in [1.807, 2.05) is 19.0 Å². The lowest BCUT2D eigenvalue weighted by Gasteiger charge is -2.37. The summed E-state index contributed by atoms with van der Waals surface area (Å²) in [6.45, 7) is 5.73. The number of aliphatic hydroxyl groups is 2. The molecule has 0 saturated carbocycles. The lowest BCUT2D eigenvalue weighted by atomic mass is 10.2. The maximum Gasteiger partial charge on any atom is 0.275 e. The Kier molecular flexibility index (Phi) is 5.57. The first kappa shape index (κ1) is 18.1. The van der Waals surface area contributed by atoms with Crippen molar-refractivity contribution >= 4 is 11.7 Å². The van der Waals surface area contributed by atoms with Crippen LogP contribution >= 0.6 is 0 Å². The Balaban J connectivity index is 1.53. The minimum atomic E-state index is -0.587. The average molecular weight is 352 g/mol. The van der Waals surface area contributed by atoms with Gasteiger partial charge in [-0.3, -0.25) is 14.6 Å². The Morgan fingerprint density at radius 2 is 1.84 bits per heavy atom. The van der Waals surface area contributed by atoms with Crippen LogP contribution in [0.4, 0.5) is 5.82 Å². The number of hydrogen-bond donors (Lipinski definition) is 2. The fraction of sp³-hybridized carbons (Fsp3) is 0.750. The van der Waals surface area contributed by atoms with Crippen LogP contribution in [0, 0.1) is 0 Å². The highest BCUT2D eigenvalue weighted by Crippen LogP contribution is 2.24. The van der Waals surface area contributed by atoms with Crippen molar-refractivity contribution in [3.63, 3.8) is 0 Å². The molecule has 0 radical (unpaired) electrons. The average Bonchev–Trinajstić information content (AvgIpc) is 2.97. The largest absolute Gasteiger partial charge is 0.395 e. The zero-order chi connectivity index (χ0) is 18.0. The lowest BCUT2D eigenvalue weighted by Crippen LogP contribution is -2.53. The third kappa shape index (κ3) is 3.95. The first-order valence-electron chi connectivity index (χ1n) is 8.75. The second kappa shape index (κ2) is 7.69. The fourth-order valence-corrected chi connectivity index (χ4v) is 3.57. The van der Waals surface area contributed by atoms with E-state index in [1.165, 1.54) is 0 Å². The van der Waals surface area contributed by atoms with Crippen molar-refractivity contribution in [2.45, 2.75) is 6.10 Å². The van der Waals surface area contributed by atoms with Gasteiger partial charge in [0, 0.05) is 59.9 Å². The molecule has 1 atom stereocenters. The third-order valence-electron chi connectivity index (χ3n) is 4.93. The molecule has 1 fully saturated rings. The molecule has 1 aromatic rings. The van der Waals surface area contributed by atoms with E-state index in [4.69, 9.17) is 5.11 Å². The Labute approximate surface area is 148 Å². The van der Waals surface area contributed by atoms with Crippen LogP contribution in [0.3, 0.4) is 0 Å². The van der Waals surface area contributed by atoms with Crippen LogP contribution in [0.15, 0.2) is 6.33 Å². The number of fused-ring (bicyclic) bond motifs is 1. The van der Waals surface area contributed by atoms with Gasteiger partial charge in [-0.25, -0.2) is 4.98 Å². The van der Waals surface area contributed by atoms with E-state index in [-0.39, 0.29) is 12.5 Å². The highest BCUT2D eigenvalue weighted by molar-refractivity contribution is 5.99. The van der Waals surface area contributed by atoms with Crippen molar-refractivity contribution in [3.8, 4) is 0 Å². The van der Waals surface area contributed by atoms with E-state index in [9.17, 15) is 9.90 Å². The van der Waals surface area contributed by atoms with Crippen LogP contribution in [-0.4, -0.2) is 113 Å². The van der Waals surface area contributed by atoms with E-state index < -0.39 is 6.10 Å². The number of nitrogens with zero attached hydrogens (tertiary/aromatic N) is 6. The van der Waals surface area contributed by atoms with E-state index in [1.54, 1.807) is 15.8 Å².